The maximum atomic E-state index is 14.1. The van der Waals surface area contributed by atoms with Crippen molar-refractivity contribution in [1.82, 2.24) is 9.97 Å². The number of pyridine rings is 2. The third kappa shape index (κ3) is 7.21. The smallest absolute Gasteiger partial charge is 0.131 e. The average molecular weight is 801 g/mol. The van der Waals surface area contributed by atoms with Crippen molar-refractivity contribution in [2.24, 2.45) is 0 Å². The zero-order valence-electron chi connectivity index (χ0n) is 25.9. The molecule has 0 saturated carbocycles. The van der Waals surface area contributed by atoms with E-state index in [9.17, 15) is 4.39 Å². The van der Waals surface area contributed by atoms with Gasteiger partial charge in [-0.2, -0.15) is 11.3 Å². The van der Waals surface area contributed by atoms with Crippen molar-refractivity contribution >= 4 is 44.8 Å². The van der Waals surface area contributed by atoms with Crippen LogP contribution >= 0.6 is 11.3 Å². The summed E-state index contributed by atoms with van der Waals surface area (Å²) < 4.78 is 16.5. The van der Waals surface area contributed by atoms with Crippen LogP contribution in [0.4, 0.5) is 4.39 Å². The number of aryl methyl sites for hydroxylation is 2. The largest absolute Gasteiger partial charge is 0.305 e. The van der Waals surface area contributed by atoms with Gasteiger partial charge in [0.2, 0.25) is 0 Å². The predicted octanol–water partition coefficient (Wildman–Crippen LogP) is 10.4. The molecule has 0 spiro atoms. The molecule has 3 heterocycles. The number of fused-ring (bicyclic) bond motifs is 3. The van der Waals surface area contributed by atoms with Crippen molar-refractivity contribution in [2.75, 3.05) is 0 Å². The first-order chi connectivity index (χ1) is 21.2. The van der Waals surface area contributed by atoms with E-state index < -0.39 is 8.07 Å². The van der Waals surface area contributed by atoms with Gasteiger partial charge in [0.1, 0.15) is 5.82 Å². The van der Waals surface area contributed by atoms with Gasteiger partial charge in [-0.15, -0.1) is 59.7 Å². The fraction of sp³-hybridized carbons (Fsp3) is 0.128. The van der Waals surface area contributed by atoms with Gasteiger partial charge in [-0.1, -0.05) is 78.6 Å². The molecule has 3 aromatic heterocycles. The van der Waals surface area contributed by atoms with Crippen LogP contribution in [0, 0.1) is 31.8 Å². The Balaban J connectivity index is 0.000000193. The molecule has 227 valence electrons. The van der Waals surface area contributed by atoms with Crippen molar-refractivity contribution in [3.63, 3.8) is 0 Å². The first kappa shape index (κ1) is 32.6. The minimum atomic E-state index is -1.27. The van der Waals surface area contributed by atoms with Crippen LogP contribution in [0.5, 0.6) is 0 Å². The molecular formula is C39H33FIrN2SSi-2. The third-order valence-electron chi connectivity index (χ3n) is 7.68. The van der Waals surface area contributed by atoms with Gasteiger partial charge in [-0.3, -0.25) is 0 Å². The van der Waals surface area contributed by atoms with E-state index in [0.29, 0.717) is 5.56 Å². The Bertz CT molecular complexity index is 2100. The Kier molecular flexibility index (Phi) is 9.90. The van der Waals surface area contributed by atoms with E-state index in [4.69, 9.17) is 0 Å². The fourth-order valence-corrected chi connectivity index (χ4v) is 8.27. The average Bonchev–Trinajstić information content (AvgIpc) is 3.38. The summed E-state index contributed by atoms with van der Waals surface area (Å²) in [7, 11) is -1.27. The number of hydrogen-bond donors (Lipinski definition) is 0. The molecule has 0 N–H and O–H groups in total. The van der Waals surface area contributed by atoms with E-state index >= 15 is 0 Å². The first-order valence-electron chi connectivity index (χ1n) is 14.7. The van der Waals surface area contributed by atoms with E-state index in [2.05, 4.69) is 98.2 Å². The summed E-state index contributed by atoms with van der Waals surface area (Å²) in [5.74, 6) is -0.195. The van der Waals surface area contributed by atoms with E-state index in [1.165, 1.54) is 37.9 Å². The zero-order chi connectivity index (χ0) is 30.8. The van der Waals surface area contributed by atoms with Crippen molar-refractivity contribution in [3.8, 4) is 33.6 Å². The summed E-state index contributed by atoms with van der Waals surface area (Å²) in [6, 6.07) is 38.0. The number of halogens is 1. The number of aromatic nitrogens is 2. The second kappa shape index (κ2) is 13.7. The zero-order valence-corrected chi connectivity index (χ0v) is 30.1. The summed E-state index contributed by atoms with van der Waals surface area (Å²) in [6.07, 6.45) is 3.88. The Labute approximate surface area is 283 Å². The van der Waals surface area contributed by atoms with Crippen LogP contribution in [0.15, 0.2) is 109 Å². The molecule has 2 nitrogen and oxygen atoms in total. The monoisotopic (exact) mass is 801 g/mol. The Morgan fingerprint density at radius 3 is 2.22 bits per heavy atom. The Morgan fingerprint density at radius 1 is 0.733 bits per heavy atom. The standard InChI is InChI=1S/C24H15FNS.C15H18NSi.Ir/c1-15-10-11-26-22(12-15)17-7-9-23-20(13-17)19-8-6-16(14-24(19)27-23)18-4-2-3-5-21(18)25;1-12-10-14(13-8-6-5-7-9-13)16-11-15(12)17(2,3)4;/h2-6,8-14H,1H3;5-8,10-11H,1-4H3;/q2*-1;. The number of benzene rings is 4. The maximum Gasteiger partial charge on any atom is 0.131 e. The second-order valence-corrected chi connectivity index (χ2v) is 18.2. The van der Waals surface area contributed by atoms with Gasteiger partial charge in [-0.25, -0.2) is 4.39 Å². The van der Waals surface area contributed by atoms with Gasteiger partial charge >= 0.3 is 0 Å². The topological polar surface area (TPSA) is 25.8 Å². The van der Waals surface area contributed by atoms with Crippen LogP contribution < -0.4 is 5.19 Å². The van der Waals surface area contributed by atoms with Gasteiger partial charge < -0.3 is 9.97 Å². The van der Waals surface area contributed by atoms with Gasteiger partial charge in [0.05, 0.1) is 8.07 Å². The van der Waals surface area contributed by atoms with Crippen molar-refractivity contribution in [2.45, 2.75) is 33.5 Å². The molecule has 6 heteroatoms. The number of rotatable bonds is 4. The van der Waals surface area contributed by atoms with Crippen LogP contribution in [0.1, 0.15) is 11.1 Å². The van der Waals surface area contributed by atoms with Crippen molar-refractivity contribution in [3.05, 3.63) is 139 Å². The van der Waals surface area contributed by atoms with E-state index in [1.54, 1.807) is 17.4 Å². The molecule has 0 fully saturated rings. The summed E-state index contributed by atoms with van der Waals surface area (Å²) in [5, 5.41) is 3.81. The van der Waals surface area contributed by atoms with E-state index in [-0.39, 0.29) is 25.9 Å². The van der Waals surface area contributed by atoms with Crippen LogP contribution in [-0.2, 0) is 20.1 Å². The van der Waals surface area contributed by atoms with E-state index in [1.807, 2.05) is 54.7 Å². The summed E-state index contributed by atoms with van der Waals surface area (Å²) in [6.45, 7) is 11.3. The van der Waals surface area contributed by atoms with Gasteiger partial charge in [0.15, 0.2) is 0 Å². The molecule has 0 aliphatic rings. The maximum absolute atomic E-state index is 14.1. The Morgan fingerprint density at radius 2 is 1.51 bits per heavy atom. The molecule has 0 aliphatic carbocycles. The first-order valence-corrected chi connectivity index (χ1v) is 19.0. The van der Waals surface area contributed by atoms with E-state index in [0.717, 1.165) is 32.8 Å². The normalized spacial score (nSPS) is 11.2. The summed E-state index contributed by atoms with van der Waals surface area (Å²) in [4.78, 5) is 9.05. The van der Waals surface area contributed by atoms with Crippen LogP contribution in [0.3, 0.4) is 0 Å². The summed E-state index contributed by atoms with van der Waals surface area (Å²) in [5.41, 5.74) is 8.07. The molecule has 7 aromatic rings. The van der Waals surface area contributed by atoms with Gasteiger partial charge in [0, 0.05) is 42.8 Å². The number of thiophene rings is 1. The molecule has 0 amide bonds. The number of hydrogen-bond acceptors (Lipinski definition) is 3. The fourth-order valence-electron chi connectivity index (χ4n) is 5.46. The molecule has 1 radical (unpaired) electrons. The molecule has 0 bridgehead atoms. The van der Waals surface area contributed by atoms with Gasteiger partial charge in [-0.05, 0) is 64.3 Å². The number of nitrogens with zero attached hydrogens (tertiary/aromatic N) is 2. The third-order valence-corrected chi connectivity index (χ3v) is 10.9. The van der Waals surface area contributed by atoms with Crippen LogP contribution in [-0.4, -0.2) is 18.0 Å². The minimum absolute atomic E-state index is 0. The van der Waals surface area contributed by atoms with Crippen molar-refractivity contribution in [1.29, 1.82) is 0 Å². The van der Waals surface area contributed by atoms with Crippen LogP contribution in [0.2, 0.25) is 19.6 Å². The predicted molar refractivity (Wildman–Crippen MR) is 188 cm³/mol. The minimum Gasteiger partial charge on any atom is -0.305 e. The molecule has 0 saturated heterocycles. The molecule has 0 aliphatic heterocycles. The molecule has 4 aromatic carbocycles. The molecular weight excluding hydrogens is 768 g/mol. The summed E-state index contributed by atoms with van der Waals surface area (Å²) >= 11 is 1.71. The van der Waals surface area contributed by atoms with Gasteiger partial charge in [0.25, 0.3) is 0 Å². The quantitative estimate of drug-likeness (QED) is 0.131. The molecule has 45 heavy (non-hydrogen) atoms. The SMILES string of the molecule is Cc1cc(-c2[c-]cccc2)ncc1[Si](C)(C)C.Cc1ccnc(-c2[c-]cc3sc4cc(-c5ccccc5F)ccc4c3c2)c1.[Ir]. The molecule has 0 atom stereocenters. The van der Waals surface area contributed by atoms with Crippen molar-refractivity contribution < 1.29 is 24.5 Å². The van der Waals surface area contributed by atoms with Crippen LogP contribution in [0.25, 0.3) is 53.8 Å². The second-order valence-electron chi connectivity index (χ2n) is 12.0. The molecule has 0 unspecified atom stereocenters. The Hall–Kier alpha value is -3.80. The molecule has 7 rings (SSSR count).